The molecule has 0 radical (unpaired) electrons. The molecular weight excluding hydrogens is 286 g/mol. The van der Waals surface area contributed by atoms with Crippen molar-refractivity contribution in [2.45, 2.75) is 18.8 Å². The molecule has 0 saturated carbocycles. The number of aromatic nitrogens is 3. The summed E-state index contributed by atoms with van der Waals surface area (Å²) in [4.78, 5) is 14.3. The Balaban J connectivity index is 1.52. The number of anilines is 1. The third-order valence-corrected chi connectivity index (χ3v) is 4.59. The van der Waals surface area contributed by atoms with Crippen molar-refractivity contribution in [3.63, 3.8) is 0 Å². The highest BCUT2D eigenvalue weighted by molar-refractivity contribution is 5.80. The number of H-pyrrole nitrogens is 1. The number of aromatic amines is 1. The van der Waals surface area contributed by atoms with Gasteiger partial charge in [0.1, 0.15) is 23.2 Å². The molecular formula is C18H17N5. The van der Waals surface area contributed by atoms with Gasteiger partial charge in [0.2, 0.25) is 0 Å². The minimum absolute atomic E-state index is 0.479. The Kier molecular flexibility index (Phi) is 3.43. The number of hydrogen-bond donors (Lipinski definition) is 1. The van der Waals surface area contributed by atoms with Gasteiger partial charge in [0.25, 0.3) is 0 Å². The number of hydrogen-bond acceptors (Lipinski definition) is 4. The first-order valence-corrected chi connectivity index (χ1v) is 7.89. The highest BCUT2D eigenvalue weighted by Gasteiger charge is 2.23. The molecule has 1 saturated heterocycles. The first-order valence-electron chi connectivity index (χ1n) is 7.89. The molecule has 4 heterocycles. The number of piperidine rings is 1. The quantitative estimate of drug-likeness (QED) is 0.789. The summed E-state index contributed by atoms with van der Waals surface area (Å²) in [6, 6.07) is 11.9. The Morgan fingerprint density at radius 1 is 1.17 bits per heavy atom. The second kappa shape index (κ2) is 5.73. The van der Waals surface area contributed by atoms with Crippen LogP contribution < -0.4 is 4.90 Å². The Morgan fingerprint density at radius 3 is 2.87 bits per heavy atom. The molecule has 0 amide bonds. The van der Waals surface area contributed by atoms with Crippen molar-refractivity contribution in [3.05, 3.63) is 54.0 Å². The van der Waals surface area contributed by atoms with Crippen LogP contribution in [0.2, 0.25) is 0 Å². The zero-order chi connectivity index (χ0) is 15.6. The third-order valence-electron chi connectivity index (χ3n) is 4.59. The highest BCUT2D eigenvalue weighted by Crippen LogP contribution is 2.33. The lowest BCUT2D eigenvalue weighted by atomic mass is 9.89. The largest absolute Gasteiger partial charge is 0.357 e. The van der Waals surface area contributed by atoms with Gasteiger partial charge in [-0.2, -0.15) is 5.26 Å². The van der Waals surface area contributed by atoms with Gasteiger partial charge in [-0.05, 0) is 48.6 Å². The van der Waals surface area contributed by atoms with Crippen molar-refractivity contribution >= 4 is 16.9 Å². The number of rotatable bonds is 2. The van der Waals surface area contributed by atoms with E-state index in [1.165, 1.54) is 10.9 Å². The van der Waals surface area contributed by atoms with E-state index in [2.05, 4.69) is 38.2 Å². The van der Waals surface area contributed by atoms with Crippen LogP contribution in [-0.4, -0.2) is 28.0 Å². The van der Waals surface area contributed by atoms with E-state index in [1.807, 2.05) is 24.4 Å². The lowest BCUT2D eigenvalue weighted by Gasteiger charge is -2.32. The maximum atomic E-state index is 8.99. The molecule has 0 aromatic carbocycles. The minimum Gasteiger partial charge on any atom is -0.357 e. The lowest BCUT2D eigenvalue weighted by molar-refractivity contribution is 0.505. The van der Waals surface area contributed by atoms with Gasteiger partial charge in [-0.1, -0.05) is 6.07 Å². The van der Waals surface area contributed by atoms with Crippen LogP contribution in [0.3, 0.4) is 0 Å². The van der Waals surface area contributed by atoms with Crippen LogP contribution >= 0.6 is 0 Å². The minimum atomic E-state index is 0.479. The van der Waals surface area contributed by atoms with Crippen LogP contribution in [-0.2, 0) is 0 Å². The summed E-state index contributed by atoms with van der Waals surface area (Å²) in [5.74, 6) is 1.45. The molecule has 0 atom stereocenters. The molecule has 4 rings (SSSR count). The SMILES string of the molecule is N#Cc1cccc(N2CCC(c3c[nH]c4ncccc34)CC2)n1. The highest BCUT2D eigenvalue weighted by atomic mass is 15.2. The molecule has 0 spiro atoms. The lowest BCUT2D eigenvalue weighted by Crippen LogP contribution is -2.33. The fourth-order valence-electron chi connectivity index (χ4n) is 3.40. The maximum absolute atomic E-state index is 8.99. The van der Waals surface area contributed by atoms with E-state index < -0.39 is 0 Å². The summed E-state index contributed by atoms with van der Waals surface area (Å²) in [6.45, 7) is 1.92. The summed E-state index contributed by atoms with van der Waals surface area (Å²) < 4.78 is 0. The zero-order valence-corrected chi connectivity index (χ0v) is 12.7. The monoisotopic (exact) mass is 303 g/mol. The summed E-state index contributed by atoms with van der Waals surface area (Å²) in [5.41, 5.74) is 2.81. The Bertz CT molecular complexity index is 868. The molecule has 3 aromatic heterocycles. The molecule has 1 aliphatic heterocycles. The Hall–Kier alpha value is -2.87. The van der Waals surface area contributed by atoms with E-state index in [9.17, 15) is 0 Å². The smallest absolute Gasteiger partial charge is 0.142 e. The predicted molar refractivity (Wildman–Crippen MR) is 89.2 cm³/mol. The first-order chi connectivity index (χ1) is 11.3. The van der Waals surface area contributed by atoms with Crippen LogP contribution in [0.15, 0.2) is 42.7 Å². The summed E-state index contributed by atoms with van der Waals surface area (Å²) in [5, 5.41) is 10.2. The summed E-state index contributed by atoms with van der Waals surface area (Å²) in [7, 11) is 0. The average molecular weight is 303 g/mol. The second-order valence-corrected chi connectivity index (χ2v) is 5.90. The van der Waals surface area contributed by atoms with E-state index in [1.54, 1.807) is 6.07 Å². The van der Waals surface area contributed by atoms with E-state index in [0.717, 1.165) is 37.4 Å². The maximum Gasteiger partial charge on any atom is 0.142 e. The fraction of sp³-hybridized carbons (Fsp3) is 0.278. The average Bonchev–Trinajstić information content (AvgIpc) is 3.06. The molecule has 114 valence electrons. The van der Waals surface area contributed by atoms with Gasteiger partial charge in [-0.25, -0.2) is 9.97 Å². The van der Waals surface area contributed by atoms with Crippen LogP contribution in [0.4, 0.5) is 5.82 Å². The van der Waals surface area contributed by atoms with Gasteiger partial charge >= 0.3 is 0 Å². The number of nitrogens with zero attached hydrogens (tertiary/aromatic N) is 4. The Morgan fingerprint density at radius 2 is 2.04 bits per heavy atom. The van der Waals surface area contributed by atoms with Crippen LogP contribution in [0.1, 0.15) is 30.0 Å². The first kappa shape index (κ1) is 13.8. The van der Waals surface area contributed by atoms with Gasteiger partial charge in [0.05, 0.1) is 0 Å². The van der Waals surface area contributed by atoms with Gasteiger partial charge in [-0.15, -0.1) is 0 Å². The molecule has 0 aliphatic carbocycles. The molecule has 1 aliphatic rings. The van der Waals surface area contributed by atoms with Crippen molar-refractivity contribution in [1.82, 2.24) is 15.0 Å². The van der Waals surface area contributed by atoms with Crippen molar-refractivity contribution in [3.8, 4) is 6.07 Å². The van der Waals surface area contributed by atoms with Gasteiger partial charge < -0.3 is 9.88 Å². The normalized spacial score (nSPS) is 15.7. The van der Waals surface area contributed by atoms with E-state index in [0.29, 0.717) is 11.6 Å². The molecule has 0 unspecified atom stereocenters. The fourth-order valence-corrected chi connectivity index (χ4v) is 3.40. The van der Waals surface area contributed by atoms with E-state index >= 15 is 0 Å². The van der Waals surface area contributed by atoms with Crippen LogP contribution in [0.25, 0.3) is 11.0 Å². The molecule has 1 fully saturated rings. The number of nitrogens with one attached hydrogen (secondary N) is 1. The number of nitriles is 1. The van der Waals surface area contributed by atoms with Gasteiger partial charge in [0.15, 0.2) is 0 Å². The number of fused-ring (bicyclic) bond motifs is 1. The Labute approximate surface area is 134 Å². The van der Waals surface area contributed by atoms with Crippen molar-refractivity contribution in [2.75, 3.05) is 18.0 Å². The van der Waals surface area contributed by atoms with Crippen LogP contribution in [0.5, 0.6) is 0 Å². The van der Waals surface area contributed by atoms with Crippen LogP contribution in [0, 0.1) is 11.3 Å². The third kappa shape index (κ3) is 2.53. The molecule has 5 heteroatoms. The summed E-state index contributed by atoms with van der Waals surface area (Å²) in [6.07, 6.45) is 6.09. The predicted octanol–water partition coefficient (Wildman–Crippen LogP) is 3.21. The van der Waals surface area contributed by atoms with Crippen molar-refractivity contribution < 1.29 is 0 Å². The molecule has 3 aromatic rings. The van der Waals surface area contributed by atoms with Gasteiger partial charge in [0, 0.05) is 30.9 Å². The molecule has 1 N–H and O–H groups in total. The molecule has 23 heavy (non-hydrogen) atoms. The molecule has 5 nitrogen and oxygen atoms in total. The van der Waals surface area contributed by atoms with Crippen molar-refractivity contribution in [2.24, 2.45) is 0 Å². The summed E-state index contributed by atoms with van der Waals surface area (Å²) >= 11 is 0. The standard InChI is InChI=1S/C18H17N5/c19-11-14-3-1-5-17(22-14)23-9-6-13(7-10-23)16-12-21-18-15(16)4-2-8-20-18/h1-5,8,12-13H,6-7,9-10H2,(H,20,21). The second-order valence-electron chi connectivity index (χ2n) is 5.90. The van der Waals surface area contributed by atoms with Crippen molar-refractivity contribution in [1.29, 1.82) is 5.26 Å². The number of pyridine rings is 2. The van der Waals surface area contributed by atoms with Gasteiger partial charge in [-0.3, -0.25) is 0 Å². The molecule has 0 bridgehead atoms. The topological polar surface area (TPSA) is 68.6 Å². The van der Waals surface area contributed by atoms with E-state index in [-0.39, 0.29) is 0 Å². The van der Waals surface area contributed by atoms with E-state index in [4.69, 9.17) is 5.26 Å². The zero-order valence-electron chi connectivity index (χ0n) is 12.7.